The van der Waals surface area contributed by atoms with Gasteiger partial charge in [0.2, 0.25) is 5.91 Å². The molecule has 1 fully saturated rings. The third-order valence-electron chi connectivity index (χ3n) is 6.51. The van der Waals surface area contributed by atoms with Gasteiger partial charge in [0, 0.05) is 17.8 Å². The lowest BCUT2D eigenvalue weighted by Crippen LogP contribution is -2.46. The van der Waals surface area contributed by atoms with Gasteiger partial charge >= 0.3 is 0 Å². The second-order valence-electron chi connectivity index (χ2n) is 8.20. The van der Waals surface area contributed by atoms with Crippen LogP contribution in [0.4, 0.5) is 5.69 Å². The van der Waals surface area contributed by atoms with E-state index < -0.39 is 5.92 Å². The Bertz CT molecular complexity index is 998. The summed E-state index contributed by atoms with van der Waals surface area (Å²) in [5.74, 6) is -1.04. The van der Waals surface area contributed by atoms with Crippen molar-refractivity contribution in [2.24, 2.45) is 4.99 Å². The summed E-state index contributed by atoms with van der Waals surface area (Å²) < 4.78 is 0. The molecule has 1 unspecified atom stereocenters. The van der Waals surface area contributed by atoms with Gasteiger partial charge < -0.3 is 0 Å². The molecule has 2 aromatic carbocycles. The van der Waals surface area contributed by atoms with Crippen molar-refractivity contribution in [3.63, 3.8) is 0 Å². The highest BCUT2D eigenvalue weighted by Gasteiger charge is 2.39. The van der Waals surface area contributed by atoms with Crippen LogP contribution in [0.15, 0.2) is 47.5 Å². The summed E-state index contributed by atoms with van der Waals surface area (Å²) in [6, 6.07) is 13.6. The number of benzene rings is 2. The zero-order valence-corrected chi connectivity index (χ0v) is 18.0. The lowest BCUT2D eigenvalue weighted by molar-refractivity contribution is -0.118. The predicted molar refractivity (Wildman–Crippen MR) is 121 cm³/mol. The van der Waals surface area contributed by atoms with Gasteiger partial charge in [0.1, 0.15) is 0 Å². The standard InChI is InChI=1S/C25H29N3O2/c1-4-27-14-8-10-19(27)15-26-16-22-20-11-5-6-12-21(20)24(29)28(25(22)30)23-13-7-9-17(2)18(23)3/h5-7,9,11-13,16,19,22H,4,8,10,14-15H2,1-3H3/t19-,22?/m0/s1. The summed E-state index contributed by atoms with van der Waals surface area (Å²) >= 11 is 0. The monoisotopic (exact) mass is 403 g/mol. The van der Waals surface area contributed by atoms with Crippen LogP contribution in [0.5, 0.6) is 0 Å². The molecule has 0 aromatic heterocycles. The molecule has 0 radical (unpaired) electrons. The minimum atomic E-state index is -0.546. The molecule has 5 heteroatoms. The molecule has 30 heavy (non-hydrogen) atoms. The number of aryl methyl sites for hydroxylation is 1. The minimum absolute atomic E-state index is 0.227. The minimum Gasteiger partial charge on any atom is -0.299 e. The van der Waals surface area contributed by atoms with Gasteiger partial charge in [0.25, 0.3) is 5.91 Å². The van der Waals surface area contributed by atoms with Crippen molar-refractivity contribution >= 4 is 23.7 Å². The van der Waals surface area contributed by atoms with Gasteiger partial charge in [-0.25, -0.2) is 4.90 Å². The molecule has 2 aliphatic heterocycles. The molecule has 2 aromatic rings. The van der Waals surface area contributed by atoms with Gasteiger partial charge in [0.05, 0.1) is 18.2 Å². The quantitative estimate of drug-likeness (QED) is 0.557. The van der Waals surface area contributed by atoms with Gasteiger partial charge in [-0.3, -0.25) is 19.5 Å². The Balaban J connectivity index is 1.68. The highest BCUT2D eigenvalue weighted by molar-refractivity contribution is 6.29. The number of nitrogens with zero attached hydrogens (tertiary/aromatic N) is 3. The van der Waals surface area contributed by atoms with Crippen molar-refractivity contribution in [2.45, 2.75) is 45.6 Å². The van der Waals surface area contributed by atoms with Crippen molar-refractivity contribution < 1.29 is 9.59 Å². The number of amides is 2. The Hall–Kier alpha value is -2.79. The largest absolute Gasteiger partial charge is 0.299 e. The van der Waals surface area contributed by atoms with E-state index in [4.69, 9.17) is 4.99 Å². The molecule has 1 saturated heterocycles. The number of hydrogen-bond acceptors (Lipinski definition) is 4. The molecule has 0 aliphatic carbocycles. The van der Waals surface area contributed by atoms with Crippen molar-refractivity contribution in [3.05, 3.63) is 64.7 Å². The summed E-state index contributed by atoms with van der Waals surface area (Å²) in [4.78, 5) is 35.2. The number of carbonyl (C=O) groups is 2. The lowest BCUT2D eigenvalue weighted by Gasteiger charge is -2.32. The van der Waals surface area contributed by atoms with Gasteiger partial charge in [-0.15, -0.1) is 0 Å². The summed E-state index contributed by atoms with van der Waals surface area (Å²) in [6.07, 6.45) is 4.11. The molecule has 0 saturated carbocycles. The third kappa shape index (κ3) is 3.58. The van der Waals surface area contributed by atoms with Crippen LogP contribution in [-0.4, -0.2) is 48.6 Å². The Morgan fingerprint density at radius 2 is 1.90 bits per heavy atom. The summed E-state index contributed by atoms with van der Waals surface area (Å²) in [6.45, 7) is 8.96. The van der Waals surface area contributed by atoms with Crippen molar-refractivity contribution in [1.29, 1.82) is 0 Å². The average Bonchev–Trinajstić information content (AvgIpc) is 3.21. The maximum Gasteiger partial charge on any atom is 0.265 e. The molecule has 156 valence electrons. The molecule has 4 rings (SSSR count). The maximum absolute atomic E-state index is 13.5. The number of rotatable bonds is 5. The molecule has 2 aliphatic rings. The first-order chi connectivity index (χ1) is 14.5. The molecule has 5 nitrogen and oxygen atoms in total. The number of imide groups is 1. The van der Waals surface area contributed by atoms with Crippen LogP contribution in [0.2, 0.25) is 0 Å². The van der Waals surface area contributed by atoms with Gasteiger partial charge in [-0.1, -0.05) is 37.3 Å². The molecule has 0 N–H and O–H groups in total. The topological polar surface area (TPSA) is 53.0 Å². The smallest absolute Gasteiger partial charge is 0.265 e. The molecule has 2 atom stereocenters. The third-order valence-corrected chi connectivity index (χ3v) is 6.51. The van der Waals surface area contributed by atoms with E-state index >= 15 is 0 Å². The zero-order chi connectivity index (χ0) is 21.3. The normalized spacial score (nSPS) is 22.2. The zero-order valence-electron chi connectivity index (χ0n) is 18.0. The molecule has 2 heterocycles. The molecule has 0 bridgehead atoms. The Morgan fingerprint density at radius 1 is 1.10 bits per heavy atom. The van der Waals surface area contributed by atoms with Crippen molar-refractivity contribution in [2.75, 3.05) is 24.5 Å². The van der Waals surface area contributed by atoms with E-state index in [2.05, 4.69) is 11.8 Å². The van der Waals surface area contributed by atoms with E-state index in [0.29, 0.717) is 23.8 Å². The van der Waals surface area contributed by atoms with E-state index in [9.17, 15) is 9.59 Å². The van der Waals surface area contributed by atoms with Crippen LogP contribution in [0.25, 0.3) is 0 Å². The fourth-order valence-corrected chi connectivity index (χ4v) is 4.61. The van der Waals surface area contributed by atoms with Gasteiger partial charge in [0.15, 0.2) is 0 Å². The lowest BCUT2D eigenvalue weighted by atomic mass is 9.88. The first-order valence-corrected chi connectivity index (χ1v) is 10.8. The number of hydrogen-bond donors (Lipinski definition) is 0. The van der Waals surface area contributed by atoms with Crippen LogP contribution in [0.1, 0.15) is 52.7 Å². The number of likely N-dealkylation sites (tertiary alicyclic amines) is 1. The summed E-state index contributed by atoms with van der Waals surface area (Å²) in [7, 11) is 0. The summed E-state index contributed by atoms with van der Waals surface area (Å²) in [5.41, 5.74) is 3.98. The second-order valence-corrected chi connectivity index (χ2v) is 8.20. The highest BCUT2D eigenvalue weighted by Crippen LogP contribution is 2.34. The van der Waals surface area contributed by atoms with Crippen LogP contribution >= 0.6 is 0 Å². The van der Waals surface area contributed by atoms with E-state index in [0.717, 1.165) is 36.2 Å². The first-order valence-electron chi connectivity index (χ1n) is 10.8. The van der Waals surface area contributed by atoms with Crippen LogP contribution in [-0.2, 0) is 4.79 Å². The maximum atomic E-state index is 13.5. The first kappa shape index (κ1) is 20.5. The molecule has 2 amide bonds. The SMILES string of the molecule is CCN1CCC[C@H]1CN=CC1C(=O)N(c2cccc(C)c2C)C(=O)c2ccccc21. The van der Waals surface area contributed by atoms with Crippen molar-refractivity contribution in [1.82, 2.24) is 4.90 Å². The van der Waals surface area contributed by atoms with E-state index in [-0.39, 0.29) is 11.8 Å². The Morgan fingerprint density at radius 3 is 2.70 bits per heavy atom. The fourth-order valence-electron chi connectivity index (χ4n) is 4.61. The van der Waals surface area contributed by atoms with Gasteiger partial charge in [-0.05, 0) is 68.6 Å². The van der Waals surface area contributed by atoms with Crippen LogP contribution < -0.4 is 4.90 Å². The molecular weight excluding hydrogens is 374 g/mol. The average molecular weight is 404 g/mol. The van der Waals surface area contributed by atoms with E-state index in [1.54, 1.807) is 12.3 Å². The van der Waals surface area contributed by atoms with Crippen LogP contribution in [0, 0.1) is 13.8 Å². The number of fused-ring (bicyclic) bond motifs is 1. The number of carbonyl (C=O) groups excluding carboxylic acids is 2. The fraction of sp³-hybridized carbons (Fsp3) is 0.400. The second kappa shape index (κ2) is 8.52. The molecular formula is C25H29N3O2. The Labute approximate surface area is 178 Å². The Kier molecular flexibility index (Phi) is 5.82. The van der Waals surface area contributed by atoms with E-state index in [1.807, 2.05) is 50.2 Å². The number of aliphatic imine (C=N–C) groups is 1. The highest BCUT2D eigenvalue weighted by atomic mass is 16.2. The summed E-state index contributed by atoms with van der Waals surface area (Å²) in [5, 5.41) is 0. The number of likely N-dealkylation sites (N-methyl/N-ethyl adjacent to an activating group) is 1. The van der Waals surface area contributed by atoms with Gasteiger partial charge in [-0.2, -0.15) is 0 Å². The molecule has 0 spiro atoms. The predicted octanol–water partition coefficient (Wildman–Crippen LogP) is 4.13. The number of anilines is 1. The van der Waals surface area contributed by atoms with Crippen molar-refractivity contribution in [3.8, 4) is 0 Å². The van der Waals surface area contributed by atoms with E-state index in [1.165, 1.54) is 11.3 Å². The van der Waals surface area contributed by atoms with Crippen LogP contribution in [0.3, 0.4) is 0 Å².